The molecule has 0 saturated heterocycles. The van der Waals surface area contributed by atoms with Crippen molar-refractivity contribution in [3.05, 3.63) is 59.1 Å². The Labute approximate surface area is 219 Å². The average molecular weight is 538 g/mol. The molecule has 0 aromatic heterocycles. The minimum absolute atomic E-state index is 0.0708. The molecule has 198 valence electrons. The van der Waals surface area contributed by atoms with E-state index in [1.165, 1.54) is 16.3 Å². The number of carbonyl (C=O) groups excluding carboxylic acids is 2. The lowest BCUT2D eigenvalue weighted by Crippen LogP contribution is -2.48. The number of methoxy groups -OCH3 is 1. The Kier molecular flexibility index (Phi) is 11.5. The molecule has 1 atom stereocenters. The fraction of sp³-hybridized carbons (Fsp3) is 0.462. The number of amides is 2. The zero-order valence-corrected chi connectivity index (χ0v) is 22.9. The summed E-state index contributed by atoms with van der Waals surface area (Å²) in [7, 11) is -2.14. The van der Waals surface area contributed by atoms with E-state index < -0.39 is 16.1 Å². The molecule has 0 heterocycles. The molecule has 1 unspecified atom stereocenters. The van der Waals surface area contributed by atoms with Crippen molar-refractivity contribution in [3.8, 4) is 5.75 Å². The van der Waals surface area contributed by atoms with Crippen LogP contribution in [0, 0.1) is 0 Å². The molecule has 36 heavy (non-hydrogen) atoms. The van der Waals surface area contributed by atoms with Crippen LogP contribution in [0.5, 0.6) is 5.75 Å². The number of anilines is 1. The number of ether oxygens (including phenoxy) is 1. The molecular formula is C26H36ClN3O5S. The molecule has 0 spiro atoms. The summed E-state index contributed by atoms with van der Waals surface area (Å²) in [6, 6.07) is 13.3. The Balaban J connectivity index is 2.16. The summed E-state index contributed by atoms with van der Waals surface area (Å²) in [4.78, 5) is 27.6. The number of hydrogen-bond donors (Lipinski definition) is 1. The maximum absolute atomic E-state index is 13.3. The van der Waals surface area contributed by atoms with Gasteiger partial charge in [0.2, 0.25) is 21.8 Å². The van der Waals surface area contributed by atoms with Crippen molar-refractivity contribution >= 4 is 39.1 Å². The minimum atomic E-state index is -3.61. The summed E-state index contributed by atoms with van der Waals surface area (Å²) in [5.74, 6) is -0.0369. The smallest absolute Gasteiger partial charge is 0.242 e. The van der Waals surface area contributed by atoms with Crippen LogP contribution in [-0.2, 0) is 26.2 Å². The van der Waals surface area contributed by atoms with Crippen LogP contribution in [0.2, 0.25) is 5.02 Å². The quantitative estimate of drug-likeness (QED) is 0.364. The molecule has 0 aliphatic heterocycles. The van der Waals surface area contributed by atoms with Gasteiger partial charge in [-0.2, -0.15) is 0 Å². The van der Waals surface area contributed by atoms with Gasteiger partial charge in [-0.05, 0) is 49.6 Å². The zero-order chi connectivity index (χ0) is 26.7. The first kappa shape index (κ1) is 29.5. The van der Waals surface area contributed by atoms with Gasteiger partial charge in [-0.1, -0.05) is 49.2 Å². The van der Waals surface area contributed by atoms with Gasteiger partial charge in [0.05, 0.1) is 19.1 Å². The maximum Gasteiger partial charge on any atom is 0.242 e. The average Bonchev–Trinajstić information content (AvgIpc) is 2.85. The second-order valence-corrected chi connectivity index (χ2v) is 10.9. The second-order valence-electron chi connectivity index (χ2n) is 8.58. The lowest BCUT2D eigenvalue weighted by molar-refractivity contribution is -0.140. The van der Waals surface area contributed by atoms with Gasteiger partial charge in [-0.3, -0.25) is 13.9 Å². The van der Waals surface area contributed by atoms with Crippen LogP contribution in [0.15, 0.2) is 48.5 Å². The van der Waals surface area contributed by atoms with E-state index in [0.29, 0.717) is 23.0 Å². The predicted molar refractivity (Wildman–Crippen MR) is 144 cm³/mol. The van der Waals surface area contributed by atoms with Crippen LogP contribution in [0.25, 0.3) is 0 Å². The lowest BCUT2D eigenvalue weighted by atomic mass is 10.1. The third-order valence-electron chi connectivity index (χ3n) is 5.77. The molecule has 2 aromatic rings. The number of halogens is 1. The van der Waals surface area contributed by atoms with Gasteiger partial charge in [-0.15, -0.1) is 0 Å². The molecule has 0 fully saturated rings. The topological polar surface area (TPSA) is 96.0 Å². The Hall–Kier alpha value is -2.78. The summed E-state index contributed by atoms with van der Waals surface area (Å²) in [5, 5.41) is 3.47. The number of para-hydroxylation sites is 2. The normalized spacial score (nSPS) is 12.0. The number of benzene rings is 2. The van der Waals surface area contributed by atoms with Gasteiger partial charge in [0, 0.05) is 31.1 Å². The Morgan fingerprint density at radius 1 is 1.08 bits per heavy atom. The molecule has 0 bridgehead atoms. The maximum atomic E-state index is 13.3. The highest BCUT2D eigenvalue weighted by atomic mass is 35.5. The number of sulfonamides is 1. The molecule has 2 amide bonds. The fourth-order valence-electron chi connectivity index (χ4n) is 3.72. The molecule has 8 nitrogen and oxygen atoms in total. The van der Waals surface area contributed by atoms with Crippen molar-refractivity contribution in [2.24, 2.45) is 0 Å². The van der Waals surface area contributed by atoms with Crippen LogP contribution < -0.4 is 14.4 Å². The van der Waals surface area contributed by atoms with Crippen LogP contribution in [-0.4, -0.2) is 57.6 Å². The first-order valence-corrected chi connectivity index (χ1v) is 14.2. The van der Waals surface area contributed by atoms with Crippen molar-refractivity contribution in [1.29, 1.82) is 0 Å². The van der Waals surface area contributed by atoms with Gasteiger partial charge in [-0.25, -0.2) is 8.42 Å². The molecule has 2 rings (SSSR count). The first-order valence-electron chi connectivity index (χ1n) is 12.0. The van der Waals surface area contributed by atoms with Crippen molar-refractivity contribution in [2.75, 3.05) is 30.8 Å². The van der Waals surface area contributed by atoms with E-state index in [4.69, 9.17) is 16.3 Å². The van der Waals surface area contributed by atoms with Gasteiger partial charge in [0.15, 0.2) is 0 Å². The van der Waals surface area contributed by atoms with Crippen LogP contribution in [0.3, 0.4) is 0 Å². The van der Waals surface area contributed by atoms with E-state index in [0.717, 1.165) is 24.7 Å². The standard InChI is InChI=1S/C26H36ClN3O5S/c1-5-6-17-28-26(32)20(2)29(19-21-13-15-22(27)16-14-21)25(31)12-9-18-30(36(4,33)34)23-10-7-8-11-24(23)35-3/h7-8,10-11,13-16,20H,5-6,9,12,17-19H2,1-4H3,(H,28,32). The highest BCUT2D eigenvalue weighted by molar-refractivity contribution is 7.92. The number of rotatable bonds is 14. The largest absolute Gasteiger partial charge is 0.495 e. The first-order chi connectivity index (χ1) is 17.1. The molecule has 0 saturated carbocycles. The van der Waals surface area contributed by atoms with Gasteiger partial charge in [0.25, 0.3) is 0 Å². The Morgan fingerprint density at radius 2 is 1.75 bits per heavy atom. The van der Waals surface area contributed by atoms with E-state index in [1.54, 1.807) is 43.3 Å². The van der Waals surface area contributed by atoms with Crippen LogP contribution in [0.4, 0.5) is 5.69 Å². The Morgan fingerprint density at radius 3 is 2.36 bits per heavy atom. The van der Waals surface area contributed by atoms with E-state index in [1.807, 2.05) is 19.1 Å². The number of unbranched alkanes of at least 4 members (excludes halogenated alkanes) is 1. The molecule has 0 aliphatic rings. The summed E-state index contributed by atoms with van der Waals surface area (Å²) in [6.45, 7) is 4.62. The lowest BCUT2D eigenvalue weighted by Gasteiger charge is -2.29. The number of hydrogen-bond acceptors (Lipinski definition) is 5. The van der Waals surface area contributed by atoms with Crippen molar-refractivity contribution < 1.29 is 22.7 Å². The van der Waals surface area contributed by atoms with Gasteiger partial charge < -0.3 is 15.0 Å². The van der Waals surface area contributed by atoms with Crippen molar-refractivity contribution in [1.82, 2.24) is 10.2 Å². The van der Waals surface area contributed by atoms with Crippen LogP contribution >= 0.6 is 11.6 Å². The second kappa shape index (κ2) is 14.1. The Bertz CT molecular complexity index is 1110. The van der Waals surface area contributed by atoms with Gasteiger partial charge >= 0.3 is 0 Å². The summed E-state index contributed by atoms with van der Waals surface area (Å²) in [5.41, 5.74) is 1.25. The van der Waals surface area contributed by atoms with Gasteiger partial charge in [0.1, 0.15) is 11.8 Å². The highest BCUT2D eigenvalue weighted by Crippen LogP contribution is 2.29. The van der Waals surface area contributed by atoms with E-state index >= 15 is 0 Å². The molecule has 0 radical (unpaired) electrons. The number of carbonyl (C=O) groups is 2. The van der Waals surface area contributed by atoms with E-state index in [-0.39, 0.29) is 37.7 Å². The van der Waals surface area contributed by atoms with E-state index in [9.17, 15) is 18.0 Å². The molecule has 10 heteroatoms. The molecule has 2 aromatic carbocycles. The van der Waals surface area contributed by atoms with Crippen molar-refractivity contribution in [2.45, 2.75) is 52.1 Å². The summed E-state index contributed by atoms with van der Waals surface area (Å²) < 4.78 is 31.6. The van der Waals surface area contributed by atoms with E-state index in [2.05, 4.69) is 5.32 Å². The third-order valence-corrected chi connectivity index (χ3v) is 7.20. The predicted octanol–water partition coefficient (Wildman–Crippen LogP) is 4.23. The minimum Gasteiger partial charge on any atom is -0.495 e. The molecule has 0 aliphatic carbocycles. The highest BCUT2D eigenvalue weighted by Gasteiger charge is 2.27. The molecular weight excluding hydrogens is 502 g/mol. The number of nitrogens with one attached hydrogen (secondary N) is 1. The molecule has 1 N–H and O–H groups in total. The number of nitrogens with zero attached hydrogens (tertiary/aromatic N) is 2. The monoisotopic (exact) mass is 537 g/mol. The summed E-state index contributed by atoms with van der Waals surface area (Å²) >= 11 is 5.99. The van der Waals surface area contributed by atoms with Crippen molar-refractivity contribution in [3.63, 3.8) is 0 Å². The zero-order valence-electron chi connectivity index (χ0n) is 21.4. The summed E-state index contributed by atoms with van der Waals surface area (Å²) in [6.07, 6.45) is 3.27. The SMILES string of the molecule is CCCCNC(=O)C(C)N(Cc1ccc(Cl)cc1)C(=O)CCCN(c1ccccc1OC)S(C)(=O)=O. The van der Waals surface area contributed by atoms with Crippen LogP contribution in [0.1, 0.15) is 45.1 Å². The fourth-order valence-corrected chi connectivity index (χ4v) is 4.82. The third kappa shape index (κ3) is 8.71.